The fourth-order valence-electron chi connectivity index (χ4n) is 2.97. The van der Waals surface area contributed by atoms with E-state index in [1.54, 1.807) is 14.2 Å². The predicted molar refractivity (Wildman–Crippen MR) is 104 cm³/mol. The molecule has 0 spiro atoms. The van der Waals surface area contributed by atoms with Crippen LogP contribution in [0.15, 0.2) is 66.4 Å². The Morgan fingerprint density at radius 2 is 1.69 bits per heavy atom. The van der Waals surface area contributed by atoms with Gasteiger partial charge in [0.25, 0.3) is 0 Å². The minimum atomic E-state index is -0.0128. The maximum atomic E-state index is 6.00. The van der Waals surface area contributed by atoms with Crippen molar-refractivity contribution in [1.82, 2.24) is 5.32 Å². The SMILES string of the molecule is COc1cccc(C2=CC(NC(C)c3cccc(OC)c3)=CC(C)O2)c1. The lowest BCUT2D eigenvalue weighted by atomic mass is 10.1. The van der Waals surface area contributed by atoms with Crippen molar-refractivity contribution in [3.05, 3.63) is 77.5 Å². The lowest BCUT2D eigenvalue weighted by Gasteiger charge is -2.24. The minimum absolute atomic E-state index is 0.0128. The first-order valence-electron chi connectivity index (χ1n) is 8.74. The number of hydrogen-bond acceptors (Lipinski definition) is 4. The number of benzene rings is 2. The Morgan fingerprint density at radius 3 is 2.42 bits per heavy atom. The van der Waals surface area contributed by atoms with Crippen LogP contribution in [0.2, 0.25) is 0 Å². The van der Waals surface area contributed by atoms with E-state index >= 15 is 0 Å². The summed E-state index contributed by atoms with van der Waals surface area (Å²) >= 11 is 0. The molecule has 2 aromatic carbocycles. The molecule has 1 aliphatic heterocycles. The maximum absolute atomic E-state index is 6.00. The Labute approximate surface area is 155 Å². The lowest BCUT2D eigenvalue weighted by molar-refractivity contribution is 0.224. The molecule has 0 aliphatic carbocycles. The van der Waals surface area contributed by atoms with Gasteiger partial charge in [-0.2, -0.15) is 0 Å². The van der Waals surface area contributed by atoms with Crippen LogP contribution in [-0.2, 0) is 4.74 Å². The van der Waals surface area contributed by atoms with Gasteiger partial charge in [0.2, 0.25) is 0 Å². The van der Waals surface area contributed by atoms with Crippen molar-refractivity contribution >= 4 is 5.76 Å². The zero-order valence-corrected chi connectivity index (χ0v) is 15.7. The van der Waals surface area contributed by atoms with Gasteiger partial charge in [0.1, 0.15) is 23.4 Å². The van der Waals surface area contributed by atoms with E-state index in [2.05, 4.69) is 24.4 Å². The summed E-state index contributed by atoms with van der Waals surface area (Å²) in [6, 6.07) is 16.1. The highest BCUT2D eigenvalue weighted by molar-refractivity contribution is 5.65. The molecule has 4 heteroatoms. The van der Waals surface area contributed by atoms with Gasteiger partial charge in [-0.25, -0.2) is 0 Å². The fraction of sp³-hybridized carbons (Fsp3) is 0.273. The van der Waals surface area contributed by atoms with Gasteiger partial charge in [0.15, 0.2) is 0 Å². The van der Waals surface area contributed by atoms with Gasteiger partial charge >= 0.3 is 0 Å². The van der Waals surface area contributed by atoms with E-state index in [-0.39, 0.29) is 12.1 Å². The van der Waals surface area contributed by atoms with E-state index in [1.807, 2.05) is 55.5 Å². The van der Waals surface area contributed by atoms with Gasteiger partial charge in [0.05, 0.1) is 14.2 Å². The molecule has 0 fully saturated rings. The highest BCUT2D eigenvalue weighted by atomic mass is 16.5. The lowest BCUT2D eigenvalue weighted by Crippen LogP contribution is -2.22. The summed E-state index contributed by atoms with van der Waals surface area (Å²) in [7, 11) is 3.35. The van der Waals surface area contributed by atoms with Crippen LogP contribution in [0, 0.1) is 0 Å². The van der Waals surface area contributed by atoms with Crippen LogP contribution in [0.3, 0.4) is 0 Å². The second kappa shape index (κ2) is 8.00. The van der Waals surface area contributed by atoms with Crippen LogP contribution in [-0.4, -0.2) is 20.3 Å². The molecule has 1 N–H and O–H groups in total. The monoisotopic (exact) mass is 351 g/mol. The summed E-state index contributed by atoms with van der Waals surface area (Å²) in [5.74, 6) is 2.51. The van der Waals surface area contributed by atoms with E-state index in [1.165, 1.54) is 5.56 Å². The van der Waals surface area contributed by atoms with Gasteiger partial charge in [-0.15, -0.1) is 0 Å². The molecule has 1 aliphatic rings. The number of nitrogens with one attached hydrogen (secondary N) is 1. The third-order valence-corrected chi connectivity index (χ3v) is 4.34. The third-order valence-electron chi connectivity index (χ3n) is 4.34. The molecule has 3 rings (SSSR count). The number of rotatable bonds is 6. The third kappa shape index (κ3) is 4.20. The molecule has 0 amide bonds. The van der Waals surface area contributed by atoms with Crippen molar-refractivity contribution in [3.8, 4) is 11.5 Å². The first-order chi connectivity index (χ1) is 12.6. The molecule has 0 bridgehead atoms. The van der Waals surface area contributed by atoms with Crippen molar-refractivity contribution in [2.24, 2.45) is 0 Å². The quantitative estimate of drug-likeness (QED) is 0.819. The molecule has 136 valence electrons. The van der Waals surface area contributed by atoms with Crippen LogP contribution in [0.4, 0.5) is 0 Å². The van der Waals surface area contributed by atoms with Crippen LogP contribution in [0.5, 0.6) is 11.5 Å². The largest absolute Gasteiger partial charge is 0.497 e. The zero-order valence-electron chi connectivity index (χ0n) is 15.7. The standard InChI is InChI=1S/C22H25NO3/c1-15-11-19(23-16(2)17-7-5-9-20(12-17)24-3)14-22(26-15)18-8-6-10-21(13-18)25-4/h5-16,23H,1-4H3. The summed E-state index contributed by atoms with van der Waals surface area (Å²) in [4.78, 5) is 0. The van der Waals surface area contributed by atoms with Crippen molar-refractivity contribution < 1.29 is 14.2 Å². The van der Waals surface area contributed by atoms with Gasteiger partial charge in [-0.05, 0) is 49.8 Å². The molecule has 0 radical (unpaired) electrons. The molecule has 4 nitrogen and oxygen atoms in total. The average Bonchev–Trinajstić information content (AvgIpc) is 2.67. The predicted octanol–water partition coefficient (Wildman–Crippen LogP) is 4.70. The van der Waals surface area contributed by atoms with Crippen molar-refractivity contribution in [2.75, 3.05) is 14.2 Å². The fourth-order valence-corrected chi connectivity index (χ4v) is 2.97. The van der Waals surface area contributed by atoms with Crippen LogP contribution >= 0.6 is 0 Å². The second-order valence-corrected chi connectivity index (χ2v) is 6.33. The number of methoxy groups -OCH3 is 2. The van der Waals surface area contributed by atoms with Crippen molar-refractivity contribution in [3.63, 3.8) is 0 Å². The van der Waals surface area contributed by atoms with Crippen molar-refractivity contribution in [1.29, 1.82) is 0 Å². The smallest absolute Gasteiger partial charge is 0.129 e. The normalized spacial score (nSPS) is 17.5. The number of allylic oxidation sites excluding steroid dienone is 1. The van der Waals surface area contributed by atoms with E-state index < -0.39 is 0 Å². The van der Waals surface area contributed by atoms with E-state index in [0.717, 1.165) is 28.5 Å². The topological polar surface area (TPSA) is 39.7 Å². The summed E-state index contributed by atoms with van der Waals surface area (Å²) in [6.07, 6.45) is 4.10. The van der Waals surface area contributed by atoms with Crippen molar-refractivity contribution in [2.45, 2.75) is 26.0 Å². The number of hydrogen-bond donors (Lipinski definition) is 1. The van der Waals surface area contributed by atoms with E-state index in [0.29, 0.717) is 0 Å². The Kier molecular flexibility index (Phi) is 5.52. The Hall–Kier alpha value is -2.88. The number of ether oxygens (including phenoxy) is 3. The van der Waals surface area contributed by atoms with Gasteiger partial charge < -0.3 is 19.5 Å². The molecule has 0 aromatic heterocycles. The first-order valence-corrected chi connectivity index (χ1v) is 8.74. The van der Waals surface area contributed by atoms with Crippen LogP contribution in [0.25, 0.3) is 5.76 Å². The molecular weight excluding hydrogens is 326 g/mol. The molecule has 2 aromatic rings. The zero-order chi connectivity index (χ0) is 18.5. The highest BCUT2D eigenvalue weighted by Gasteiger charge is 2.16. The van der Waals surface area contributed by atoms with E-state index in [9.17, 15) is 0 Å². The highest BCUT2D eigenvalue weighted by Crippen LogP contribution is 2.28. The second-order valence-electron chi connectivity index (χ2n) is 6.33. The van der Waals surface area contributed by atoms with Crippen LogP contribution < -0.4 is 14.8 Å². The molecule has 0 saturated carbocycles. The minimum Gasteiger partial charge on any atom is -0.497 e. The molecule has 2 atom stereocenters. The molecule has 26 heavy (non-hydrogen) atoms. The molecule has 0 saturated heterocycles. The molecular formula is C22H25NO3. The van der Waals surface area contributed by atoms with Gasteiger partial charge in [-0.3, -0.25) is 0 Å². The molecule has 2 unspecified atom stereocenters. The first kappa shape index (κ1) is 17.9. The van der Waals surface area contributed by atoms with Gasteiger partial charge in [-0.1, -0.05) is 24.3 Å². The summed E-state index contributed by atoms with van der Waals surface area (Å²) < 4.78 is 16.6. The Balaban J connectivity index is 1.81. The van der Waals surface area contributed by atoms with Crippen LogP contribution in [0.1, 0.15) is 31.0 Å². The maximum Gasteiger partial charge on any atom is 0.129 e. The summed E-state index contributed by atoms with van der Waals surface area (Å²) in [6.45, 7) is 4.17. The van der Waals surface area contributed by atoms with Gasteiger partial charge in [0, 0.05) is 23.4 Å². The average molecular weight is 351 g/mol. The Morgan fingerprint density at radius 1 is 1.00 bits per heavy atom. The summed E-state index contributed by atoms with van der Waals surface area (Å²) in [5.41, 5.74) is 3.20. The van der Waals surface area contributed by atoms with E-state index in [4.69, 9.17) is 14.2 Å². The molecule has 1 heterocycles. The Bertz CT molecular complexity index is 826. The summed E-state index contributed by atoms with van der Waals surface area (Å²) in [5, 5.41) is 3.56.